The van der Waals surface area contributed by atoms with Gasteiger partial charge in [-0.3, -0.25) is 14.4 Å². The van der Waals surface area contributed by atoms with E-state index in [4.69, 9.17) is 9.47 Å². The summed E-state index contributed by atoms with van der Waals surface area (Å²) in [5, 5.41) is 11.6. The smallest absolute Gasteiger partial charge is 0.271 e. The highest BCUT2D eigenvalue weighted by Crippen LogP contribution is 2.32. The Kier molecular flexibility index (Phi) is 9.16. The van der Waals surface area contributed by atoms with Crippen LogP contribution in [0.3, 0.4) is 0 Å². The summed E-state index contributed by atoms with van der Waals surface area (Å²) in [4.78, 5) is 17.4. The lowest BCUT2D eigenvalue weighted by Crippen LogP contribution is -2.49. The summed E-state index contributed by atoms with van der Waals surface area (Å²) >= 11 is 1.11. The monoisotopic (exact) mass is 573 g/mol. The number of aliphatic hydroxyl groups is 1. The number of nitrogens with one attached hydrogen (secondary N) is 1. The Morgan fingerprint density at radius 1 is 1.23 bits per heavy atom. The first-order chi connectivity index (χ1) is 18.6. The van der Waals surface area contributed by atoms with Crippen molar-refractivity contribution in [2.45, 2.75) is 36.7 Å². The fourth-order valence-electron chi connectivity index (χ4n) is 4.54. The van der Waals surface area contributed by atoms with Crippen LogP contribution in [0, 0.1) is 5.92 Å². The van der Waals surface area contributed by atoms with Gasteiger partial charge in [0.05, 0.1) is 25.3 Å². The Hall–Kier alpha value is -3.12. The quantitative estimate of drug-likeness (QED) is 0.379. The summed E-state index contributed by atoms with van der Waals surface area (Å²) in [7, 11) is -0.132. The van der Waals surface area contributed by atoms with Gasteiger partial charge >= 0.3 is 0 Å². The van der Waals surface area contributed by atoms with E-state index in [1.54, 1.807) is 42.5 Å². The number of nitrogens with zero attached hydrogens (tertiary/aromatic N) is 2. The van der Waals surface area contributed by atoms with E-state index in [9.17, 15) is 18.3 Å². The fourth-order valence-corrected chi connectivity index (χ4v) is 6.58. The Morgan fingerprint density at radius 2 is 1.97 bits per heavy atom. The molecule has 1 aliphatic heterocycles. The number of carbonyl (C=O) groups is 1. The van der Waals surface area contributed by atoms with Gasteiger partial charge in [-0.1, -0.05) is 25.1 Å². The van der Waals surface area contributed by atoms with Crippen molar-refractivity contribution in [1.29, 1.82) is 0 Å². The number of fused-ring (bicyclic) bond motifs is 1. The zero-order valence-corrected chi connectivity index (χ0v) is 24.2. The zero-order valence-electron chi connectivity index (χ0n) is 22.5. The van der Waals surface area contributed by atoms with Crippen LogP contribution in [-0.2, 0) is 16.6 Å². The summed E-state index contributed by atoms with van der Waals surface area (Å²) < 4.78 is 40.0. The molecule has 1 aromatic heterocycles. The van der Waals surface area contributed by atoms with Crippen LogP contribution in [0.25, 0.3) is 0 Å². The van der Waals surface area contributed by atoms with E-state index < -0.39 is 16.1 Å². The number of aliphatic hydroxyl groups excluding tert-OH is 1. The predicted octanol–water partition coefficient (Wildman–Crippen LogP) is 3.91. The van der Waals surface area contributed by atoms with Crippen LogP contribution in [0.4, 0.5) is 5.69 Å². The minimum atomic E-state index is -3.79. The molecule has 0 fully saturated rings. The lowest BCUT2D eigenvalue weighted by Gasteiger charge is -2.38. The molecule has 39 heavy (non-hydrogen) atoms. The average Bonchev–Trinajstić information content (AvgIpc) is 3.47. The third kappa shape index (κ3) is 6.91. The Morgan fingerprint density at radius 3 is 2.62 bits per heavy atom. The molecule has 3 atom stereocenters. The van der Waals surface area contributed by atoms with Crippen molar-refractivity contribution in [2.75, 3.05) is 38.6 Å². The van der Waals surface area contributed by atoms with E-state index in [1.165, 1.54) is 12.1 Å². The first-order valence-corrected chi connectivity index (χ1v) is 15.1. The Bertz CT molecular complexity index is 1360. The molecule has 0 unspecified atom stereocenters. The first-order valence-electron chi connectivity index (χ1n) is 12.7. The molecule has 1 aliphatic rings. The molecule has 0 spiro atoms. The highest BCUT2D eigenvalue weighted by atomic mass is 32.2. The lowest BCUT2D eigenvalue weighted by molar-refractivity contribution is 0.0341. The molecule has 0 bridgehead atoms. The number of methoxy groups -OCH3 is 1. The van der Waals surface area contributed by atoms with E-state index in [-0.39, 0.29) is 40.0 Å². The number of sulfonamides is 1. The number of likely N-dealkylation sites (N-methyl/N-ethyl adjacent to an activating group) is 1. The maximum absolute atomic E-state index is 13.6. The molecule has 2 heterocycles. The minimum Gasteiger partial charge on any atom is -0.497 e. The van der Waals surface area contributed by atoms with Gasteiger partial charge in [0.1, 0.15) is 21.8 Å². The molecule has 11 heteroatoms. The van der Waals surface area contributed by atoms with Crippen LogP contribution in [0.1, 0.15) is 29.8 Å². The van der Waals surface area contributed by atoms with Gasteiger partial charge in [0.2, 0.25) is 0 Å². The number of carbonyl (C=O) groups excluding carboxylic acids is 1. The number of rotatable bonds is 10. The van der Waals surface area contributed by atoms with Gasteiger partial charge in [-0.25, -0.2) is 8.42 Å². The third-order valence-corrected chi connectivity index (χ3v) is 9.56. The largest absolute Gasteiger partial charge is 0.497 e. The second-order valence-corrected chi connectivity index (χ2v) is 12.8. The normalized spacial score (nSPS) is 18.6. The second kappa shape index (κ2) is 12.4. The number of amides is 1. The van der Waals surface area contributed by atoms with Crippen LogP contribution in [0.5, 0.6) is 11.5 Å². The van der Waals surface area contributed by atoms with Crippen LogP contribution in [0.15, 0.2) is 64.2 Å². The van der Waals surface area contributed by atoms with Gasteiger partial charge in [0, 0.05) is 31.2 Å². The van der Waals surface area contributed by atoms with E-state index in [2.05, 4.69) is 9.62 Å². The minimum absolute atomic E-state index is 0.0357. The van der Waals surface area contributed by atoms with Crippen molar-refractivity contribution in [3.63, 3.8) is 0 Å². The number of thiophene rings is 1. The summed E-state index contributed by atoms with van der Waals surface area (Å²) in [5.41, 5.74) is 1.64. The van der Waals surface area contributed by atoms with E-state index in [0.717, 1.165) is 22.6 Å². The second-order valence-electron chi connectivity index (χ2n) is 9.92. The number of hydrogen-bond donors (Lipinski definition) is 2. The number of anilines is 1. The Labute approximate surface area is 234 Å². The zero-order chi connectivity index (χ0) is 28.2. The average molecular weight is 574 g/mol. The van der Waals surface area contributed by atoms with Gasteiger partial charge in [-0.2, -0.15) is 0 Å². The molecule has 0 saturated carbocycles. The van der Waals surface area contributed by atoms with Crippen molar-refractivity contribution < 1.29 is 27.8 Å². The van der Waals surface area contributed by atoms with Crippen molar-refractivity contribution >= 4 is 33.0 Å². The van der Waals surface area contributed by atoms with E-state index in [1.807, 2.05) is 38.2 Å². The topological polar surface area (TPSA) is 108 Å². The molecule has 1 amide bonds. The highest BCUT2D eigenvalue weighted by Gasteiger charge is 2.33. The van der Waals surface area contributed by atoms with Crippen LogP contribution >= 0.6 is 11.3 Å². The molecule has 0 radical (unpaired) electrons. The summed E-state index contributed by atoms with van der Waals surface area (Å²) in [6, 6.07) is 15.4. The van der Waals surface area contributed by atoms with Gasteiger partial charge in [-0.15, -0.1) is 11.3 Å². The summed E-state index contributed by atoms with van der Waals surface area (Å²) in [6.45, 7) is 5.30. The molecule has 3 aromatic rings. The molecule has 210 valence electrons. The van der Waals surface area contributed by atoms with Gasteiger partial charge in [0.25, 0.3) is 15.9 Å². The molecule has 0 saturated heterocycles. The number of hydrogen-bond acceptors (Lipinski definition) is 8. The van der Waals surface area contributed by atoms with Gasteiger partial charge in [-0.05, 0) is 61.3 Å². The third-order valence-electron chi connectivity index (χ3n) is 6.78. The lowest BCUT2D eigenvalue weighted by atomic mass is 9.99. The summed E-state index contributed by atoms with van der Waals surface area (Å²) in [5.74, 6) is 0.824. The Balaban J connectivity index is 1.60. The van der Waals surface area contributed by atoms with Gasteiger partial charge < -0.3 is 19.5 Å². The van der Waals surface area contributed by atoms with Gasteiger partial charge in [0.15, 0.2) is 0 Å². The molecule has 2 aromatic carbocycles. The van der Waals surface area contributed by atoms with E-state index >= 15 is 0 Å². The molecular formula is C28H35N3O6S2. The number of benzene rings is 2. The molecule has 2 N–H and O–H groups in total. The van der Waals surface area contributed by atoms with Crippen LogP contribution in [-0.4, -0.2) is 75.2 Å². The maximum atomic E-state index is 13.6. The molecule has 9 nitrogen and oxygen atoms in total. The van der Waals surface area contributed by atoms with Crippen molar-refractivity contribution in [1.82, 2.24) is 9.80 Å². The molecule has 0 aliphatic carbocycles. The predicted molar refractivity (Wildman–Crippen MR) is 152 cm³/mol. The van der Waals surface area contributed by atoms with Crippen molar-refractivity contribution in [3.05, 3.63) is 71.1 Å². The number of ether oxygens (including phenoxy) is 2. The van der Waals surface area contributed by atoms with E-state index in [0.29, 0.717) is 25.4 Å². The van der Waals surface area contributed by atoms with Crippen molar-refractivity contribution in [2.24, 2.45) is 5.92 Å². The standard InChI is InChI=1S/C28H35N3O6S2/c1-19-15-31(20(2)18-32)28(33)24-14-22(29-39(34,35)27-6-5-13-38-27)9-12-25(24)37-26(19)17-30(3)16-21-7-10-23(36-4)11-8-21/h5-14,19-20,26,29,32H,15-18H2,1-4H3/t19-,20-,26-/m1/s1. The fraction of sp³-hybridized carbons (Fsp3) is 0.393. The van der Waals surface area contributed by atoms with Crippen LogP contribution in [0.2, 0.25) is 0 Å². The SMILES string of the molecule is COc1ccc(CN(C)C[C@H]2Oc3ccc(NS(=O)(=O)c4cccs4)cc3C(=O)N([C@H](C)CO)C[C@H]2C)cc1. The summed E-state index contributed by atoms with van der Waals surface area (Å²) in [6.07, 6.45) is -0.262. The van der Waals surface area contributed by atoms with Crippen LogP contribution < -0.4 is 14.2 Å². The maximum Gasteiger partial charge on any atom is 0.271 e. The molecular weight excluding hydrogens is 538 g/mol. The highest BCUT2D eigenvalue weighted by molar-refractivity contribution is 7.94. The van der Waals surface area contributed by atoms with Crippen molar-refractivity contribution in [3.8, 4) is 11.5 Å². The molecule has 4 rings (SSSR count). The first kappa shape index (κ1) is 28.9.